The molecule has 88 valence electrons. The van der Waals surface area contributed by atoms with Crippen LogP contribution in [-0.4, -0.2) is 5.78 Å². The normalized spacial score (nSPS) is 13.8. The molecule has 0 aromatic heterocycles. The van der Waals surface area contributed by atoms with Crippen molar-refractivity contribution in [3.8, 4) is 0 Å². The Morgan fingerprint density at radius 3 is 2.50 bits per heavy atom. The summed E-state index contributed by atoms with van der Waals surface area (Å²) < 4.78 is 12.9. The van der Waals surface area contributed by atoms with Gasteiger partial charge in [0, 0.05) is 6.42 Å². The van der Waals surface area contributed by atoms with E-state index < -0.39 is 0 Å². The van der Waals surface area contributed by atoms with Crippen molar-refractivity contribution in [2.24, 2.45) is 5.92 Å². The van der Waals surface area contributed by atoms with Crippen LogP contribution in [0.3, 0.4) is 0 Å². The van der Waals surface area contributed by atoms with Gasteiger partial charge in [-0.2, -0.15) is 0 Å². The van der Waals surface area contributed by atoms with Gasteiger partial charge in [-0.05, 0) is 38.3 Å². The van der Waals surface area contributed by atoms with Crippen molar-refractivity contribution in [1.82, 2.24) is 0 Å². The molecular formula is C14H19FO. The number of Topliss-reactive ketones (excluding diaryl/α,β-unsaturated/α-hetero) is 1. The van der Waals surface area contributed by atoms with Crippen molar-refractivity contribution in [3.63, 3.8) is 0 Å². The largest absolute Gasteiger partial charge is 0.300 e. The average Bonchev–Trinajstić information content (AvgIpc) is 2.15. The Bertz CT molecular complexity index is 324. The zero-order valence-electron chi connectivity index (χ0n) is 10.0. The van der Waals surface area contributed by atoms with E-state index in [0.29, 0.717) is 12.8 Å². The number of carbonyl (C=O) groups is 1. The van der Waals surface area contributed by atoms with Gasteiger partial charge in [-0.15, -0.1) is 0 Å². The predicted octanol–water partition coefficient (Wildman–Crippen LogP) is 4.14. The van der Waals surface area contributed by atoms with E-state index in [-0.39, 0.29) is 17.5 Å². The topological polar surface area (TPSA) is 17.1 Å². The van der Waals surface area contributed by atoms with Crippen molar-refractivity contribution in [3.05, 3.63) is 48.9 Å². The second-order valence-electron chi connectivity index (χ2n) is 3.87. The monoisotopic (exact) mass is 222 g/mol. The van der Waals surface area contributed by atoms with E-state index in [4.69, 9.17) is 0 Å². The SMILES string of the molecule is C=C/C=C(F)\C=C/CC(CC(C)=O)C(=C)C. The first-order valence-electron chi connectivity index (χ1n) is 5.27. The maximum absolute atomic E-state index is 12.9. The van der Waals surface area contributed by atoms with E-state index in [0.717, 1.165) is 5.57 Å². The van der Waals surface area contributed by atoms with Gasteiger partial charge in [0.05, 0.1) is 0 Å². The number of ketones is 1. The minimum absolute atomic E-state index is 0.102. The molecule has 0 aliphatic rings. The fraction of sp³-hybridized carbons (Fsp3) is 0.357. The third-order valence-corrected chi connectivity index (χ3v) is 2.21. The molecule has 0 aromatic rings. The Hall–Kier alpha value is -1.44. The molecule has 0 bridgehead atoms. The van der Waals surface area contributed by atoms with Crippen molar-refractivity contribution >= 4 is 5.78 Å². The van der Waals surface area contributed by atoms with Crippen molar-refractivity contribution < 1.29 is 9.18 Å². The van der Waals surface area contributed by atoms with Crippen LogP contribution in [0.5, 0.6) is 0 Å². The molecule has 0 radical (unpaired) electrons. The summed E-state index contributed by atoms with van der Waals surface area (Å²) in [6.45, 7) is 10.7. The molecule has 1 atom stereocenters. The van der Waals surface area contributed by atoms with Crippen LogP contribution in [0, 0.1) is 5.92 Å². The predicted molar refractivity (Wildman–Crippen MR) is 66.7 cm³/mol. The van der Waals surface area contributed by atoms with Gasteiger partial charge in [0.2, 0.25) is 0 Å². The first-order valence-corrected chi connectivity index (χ1v) is 5.27. The second kappa shape index (κ2) is 7.80. The number of allylic oxidation sites excluding steroid dienone is 6. The molecule has 0 N–H and O–H groups in total. The van der Waals surface area contributed by atoms with Crippen molar-refractivity contribution in [1.29, 1.82) is 0 Å². The molecule has 0 rings (SSSR count). The fourth-order valence-electron chi connectivity index (χ4n) is 1.32. The summed E-state index contributed by atoms with van der Waals surface area (Å²) in [7, 11) is 0. The molecule has 0 saturated heterocycles. The lowest BCUT2D eigenvalue weighted by molar-refractivity contribution is -0.117. The second-order valence-corrected chi connectivity index (χ2v) is 3.87. The summed E-state index contributed by atoms with van der Waals surface area (Å²) in [5.41, 5.74) is 0.952. The molecule has 2 heteroatoms. The molecule has 16 heavy (non-hydrogen) atoms. The summed E-state index contributed by atoms with van der Waals surface area (Å²) in [5.74, 6) is -0.105. The van der Waals surface area contributed by atoms with E-state index >= 15 is 0 Å². The molecular weight excluding hydrogens is 203 g/mol. The van der Waals surface area contributed by atoms with Crippen LogP contribution in [0.4, 0.5) is 4.39 Å². The molecule has 0 fully saturated rings. The van der Waals surface area contributed by atoms with Crippen LogP contribution < -0.4 is 0 Å². The minimum Gasteiger partial charge on any atom is -0.300 e. The lowest BCUT2D eigenvalue weighted by Crippen LogP contribution is -2.05. The Morgan fingerprint density at radius 1 is 1.44 bits per heavy atom. The van der Waals surface area contributed by atoms with Crippen molar-refractivity contribution in [2.45, 2.75) is 26.7 Å². The van der Waals surface area contributed by atoms with Gasteiger partial charge in [-0.1, -0.05) is 30.9 Å². The van der Waals surface area contributed by atoms with E-state index in [1.54, 1.807) is 13.0 Å². The van der Waals surface area contributed by atoms with E-state index in [1.807, 2.05) is 6.92 Å². The number of hydrogen-bond acceptors (Lipinski definition) is 1. The molecule has 0 aliphatic carbocycles. The standard InChI is InChI=1S/C14H19FO/c1-5-7-14(15)9-6-8-13(11(2)3)10-12(4)16/h5-7,9,13H,1-2,8,10H2,3-4H3/b9-6-,14-7+. The Kier molecular flexibility index (Phi) is 7.10. The fourth-order valence-corrected chi connectivity index (χ4v) is 1.32. The average molecular weight is 222 g/mol. The zero-order chi connectivity index (χ0) is 12.6. The Morgan fingerprint density at radius 2 is 2.06 bits per heavy atom. The highest BCUT2D eigenvalue weighted by Gasteiger charge is 2.10. The van der Waals surface area contributed by atoms with Gasteiger partial charge >= 0.3 is 0 Å². The lowest BCUT2D eigenvalue weighted by atomic mass is 9.92. The molecule has 1 nitrogen and oxygen atoms in total. The van der Waals surface area contributed by atoms with Crippen LogP contribution in [0.25, 0.3) is 0 Å². The number of carbonyl (C=O) groups excluding carboxylic acids is 1. The van der Waals surface area contributed by atoms with Crippen LogP contribution >= 0.6 is 0 Å². The summed E-state index contributed by atoms with van der Waals surface area (Å²) in [4.78, 5) is 11.0. The molecule has 0 aromatic carbocycles. The van der Waals surface area contributed by atoms with Crippen LogP contribution in [0.15, 0.2) is 48.9 Å². The maximum atomic E-state index is 12.9. The molecule has 0 aliphatic heterocycles. The number of rotatable bonds is 7. The Labute approximate surface area is 97.1 Å². The van der Waals surface area contributed by atoms with Gasteiger partial charge in [-0.25, -0.2) is 4.39 Å². The highest BCUT2D eigenvalue weighted by molar-refractivity contribution is 5.76. The highest BCUT2D eigenvalue weighted by atomic mass is 19.1. The smallest absolute Gasteiger partial charge is 0.130 e. The lowest BCUT2D eigenvalue weighted by Gasteiger charge is -2.12. The quantitative estimate of drug-likeness (QED) is 0.467. The third kappa shape index (κ3) is 6.93. The maximum Gasteiger partial charge on any atom is 0.130 e. The van der Waals surface area contributed by atoms with Crippen LogP contribution in [0.1, 0.15) is 26.7 Å². The molecule has 0 heterocycles. The zero-order valence-corrected chi connectivity index (χ0v) is 10.0. The molecule has 0 saturated carbocycles. The highest BCUT2D eigenvalue weighted by Crippen LogP contribution is 2.18. The van der Waals surface area contributed by atoms with Crippen LogP contribution in [-0.2, 0) is 4.79 Å². The molecule has 0 amide bonds. The first-order chi connectivity index (χ1) is 7.47. The summed E-state index contributed by atoms with van der Waals surface area (Å²) in [6, 6.07) is 0. The Balaban J connectivity index is 4.32. The first kappa shape index (κ1) is 14.6. The molecule has 1 unspecified atom stereocenters. The van der Waals surface area contributed by atoms with E-state index in [1.165, 1.54) is 18.2 Å². The summed E-state index contributed by atoms with van der Waals surface area (Å²) >= 11 is 0. The van der Waals surface area contributed by atoms with Gasteiger partial charge in [-0.3, -0.25) is 0 Å². The number of halogens is 1. The van der Waals surface area contributed by atoms with E-state index in [2.05, 4.69) is 13.2 Å². The number of hydrogen-bond donors (Lipinski definition) is 0. The van der Waals surface area contributed by atoms with E-state index in [9.17, 15) is 9.18 Å². The van der Waals surface area contributed by atoms with Crippen molar-refractivity contribution in [2.75, 3.05) is 0 Å². The van der Waals surface area contributed by atoms with Gasteiger partial charge in [0.15, 0.2) is 0 Å². The molecule has 0 spiro atoms. The summed E-state index contributed by atoms with van der Waals surface area (Å²) in [5, 5.41) is 0. The summed E-state index contributed by atoms with van der Waals surface area (Å²) in [6.07, 6.45) is 6.89. The van der Waals surface area contributed by atoms with Crippen LogP contribution in [0.2, 0.25) is 0 Å². The minimum atomic E-state index is -0.335. The van der Waals surface area contributed by atoms with Gasteiger partial charge < -0.3 is 4.79 Å². The van der Waals surface area contributed by atoms with Gasteiger partial charge in [0.1, 0.15) is 11.6 Å². The van der Waals surface area contributed by atoms with Gasteiger partial charge in [0.25, 0.3) is 0 Å². The third-order valence-electron chi connectivity index (χ3n) is 2.21.